The van der Waals surface area contributed by atoms with Gasteiger partial charge in [0.25, 0.3) is 5.91 Å². The van der Waals surface area contributed by atoms with E-state index in [2.05, 4.69) is 15.4 Å². The highest BCUT2D eigenvalue weighted by molar-refractivity contribution is 6.05. The van der Waals surface area contributed by atoms with Crippen LogP contribution in [0.5, 0.6) is 5.75 Å². The van der Waals surface area contributed by atoms with Crippen LogP contribution in [0, 0.1) is 0 Å². The molecule has 25 heavy (non-hydrogen) atoms. The van der Waals surface area contributed by atoms with E-state index in [9.17, 15) is 18.0 Å². The molecule has 1 aromatic carbocycles. The van der Waals surface area contributed by atoms with Crippen LogP contribution in [0.15, 0.2) is 36.5 Å². The van der Waals surface area contributed by atoms with Gasteiger partial charge in [0.1, 0.15) is 17.1 Å². The summed E-state index contributed by atoms with van der Waals surface area (Å²) in [6.45, 7) is 0. The number of halogens is 3. The summed E-state index contributed by atoms with van der Waals surface area (Å²) >= 11 is 0. The van der Waals surface area contributed by atoms with Gasteiger partial charge in [-0.2, -0.15) is 18.3 Å². The molecule has 0 radical (unpaired) electrons. The third-order valence-electron chi connectivity index (χ3n) is 3.46. The molecule has 9 heteroatoms. The van der Waals surface area contributed by atoms with Gasteiger partial charge in [-0.15, -0.1) is 0 Å². The van der Waals surface area contributed by atoms with E-state index in [-0.39, 0.29) is 5.69 Å². The first-order valence-electron chi connectivity index (χ1n) is 7.15. The minimum absolute atomic E-state index is 0.312. The number of methoxy groups -OCH3 is 1. The molecule has 6 nitrogen and oxygen atoms in total. The molecule has 0 saturated heterocycles. The van der Waals surface area contributed by atoms with Crippen molar-refractivity contribution < 1.29 is 22.7 Å². The highest BCUT2D eigenvalue weighted by Gasteiger charge is 2.33. The van der Waals surface area contributed by atoms with Crippen molar-refractivity contribution in [3.8, 4) is 5.75 Å². The number of nitrogens with zero attached hydrogens (tertiary/aromatic N) is 3. The smallest absolute Gasteiger partial charge is 0.433 e. The molecular formula is C16H13F3N4O2. The average Bonchev–Trinajstić information content (AvgIpc) is 2.92. The number of alkyl halides is 3. The third kappa shape index (κ3) is 3.39. The zero-order chi connectivity index (χ0) is 18.2. The number of fused-ring (bicyclic) bond motifs is 1. The van der Waals surface area contributed by atoms with Crippen LogP contribution in [-0.4, -0.2) is 27.8 Å². The van der Waals surface area contributed by atoms with Crippen molar-refractivity contribution in [2.75, 3.05) is 12.4 Å². The SMILES string of the molecule is COc1cc2nn(C)cc2cc1NC(=O)c1cccc(C(F)(F)F)n1. The van der Waals surface area contributed by atoms with Gasteiger partial charge in [-0.25, -0.2) is 4.98 Å². The Balaban J connectivity index is 1.94. The minimum atomic E-state index is -4.62. The highest BCUT2D eigenvalue weighted by atomic mass is 19.4. The normalized spacial score (nSPS) is 11.6. The molecule has 3 aromatic rings. The first-order chi connectivity index (χ1) is 11.8. The highest BCUT2D eigenvalue weighted by Crippen LogP contribution is 2.30. The van der Waals surface area contributed by atoms with Crippen molar-refractivity contribution >= 4 is 22.5 Å². The van der Waals surface area contributed by atoms with Crippen molar-refractivity contribution in [3.05, 3.63) is 47.9 Å². The number of aryl methyl sites for hydroxylation is 1. The molecule has 2 heterocycles. The second-order valence-electron chi connectivity index (χ2n) is 5.27. The number of carbonyl (C=O) groups is 1. The number of hydrogen-bond donors (Lipinski definition) is 1. The van der Waals surface area contributed by atoms with Gasteiger partial charge in [0.15, 0.2) is 0 Å². The molecule has 0 fully saturated rings. The summed E-state index contributed by atoms with van der Waals surface area (Å²) in [5, 5.41) is 7.50. The van der Waals surface area contributed by atoms with E-state index in [1.165, 1.54) is 13.2 Å². The summed E-state index contributed by atoms with van der Waals surface area (Å²) < 4.78 is 45.0. The molecule has 0 saturated carbocycles. The molecule has 1 N–H and O–H groups in total. The summed E-state index contributed by atoms with van der Waals surface area (Å²) in [6, 6.07) is 6.40. The minimum Gasteiger partial charge on any atom is -0.494 e. The summed E-state index contributed by atoms with van der Waals surface area (Å²) in [6.07, 6.45) is -2.88. The van der Waals surface area contributed by atoms with Crippen molar-refractivity contribution in [1.82, 2.24) is 14.8 Å². The van der Waals surface area contributed by atoms with E-state index in [1.807, 2.05) is 0 Å². The van der Waals surface area contributed by atoms with Gasteiger partial charge in [0.05, 0.1) is 18.3 Å². The first kappa shape index (κ1) is 16.7. The fourth-order valence-electron chi connectivity index (χ4n) is 2.35. The third-order valence-corrected chi connectivity index (χ3v) is 3.46. The van der Waals surface area contributed by atoms with Crippen molar-refractivity contribution in [3.63, 3.8) is 0 Å². The fraction of sp³-hybridized carbons (Fsp3) is 0.188. The molecule has 0 aliphatic heterocycles. The second kappa shape index (κ2) is 6.08. The molecular weight excluding hydrogens is 337 g/mol. The number of ether oxygens (including phenoxy) is 1. The van der Waals surface area contributed by atoms with Crippen LogP contribution >= 0.6 is 0 Å². The van der Waals surface area contributed by atoms with Crippen LogP contribution in [-0.2, 0) is 13.2 Å². The summed E-state index contributed by atoms with van der Waals surface area (Å²) in [5.74, 6) is -0.431. The average molecular weight is 350 g/mol. The number of anilines is 1. The Labute approximate surface area is 140 Å². The Morgan fingerprint density at radius 1 is 1.28 bits per heavy atom. The molecule has 0 aliphatic carbocycles. The van der Waals surface area contributed by atoms with Gasteiger partial charge >= 0.3 is 6.18 Å². The number of rotatable bonds is 3. The predicted molar refractivity (Wildman–Crippen MR) is 84.5 cm³/mol. The van der Waals surface area contributed by atoms with Crippen molar-refractivity contribution in [1.29, 1.82) is 0 Å². The van der Waals surface area contributed by atoms with Crippen LogP contribution in [0.1, 0.15) is 16.2 Å². The zero-order valence-electron chi connectivity index (χ0n) is 13.3. The lowest BCUT2D eigenvalue weighted by Crippen LogP contribution is -2.17. The van der Waals surface area contributed by atoms with Gasteiger partial charge in [-0.1, -0.05) is 6.07 Å². The van der Waals surface area contributed by atoms with E-state index in [1.54, 1.807) is 30.1 Å². The van der Waals surface area contributed by atoms with Crippen LogP contribution in [0.3, 0.4) is 0 Å². The van der Waals surface area contributed by atoms with Crippen molar-refractivity contribution in [2.45, 2.75) is 6.18 Å². The Morgan fingerprint density at radius 3 is 2.72 bits per heavy atom. The van der Waals surface area contributed by atoms with E-state index in [0.29, 0.717) is 17.0 Å². The Hall–Kier alpha value is -3.10. The molecule has 130 valence electrons. The monoisotopic (exact) mass is 350 g/mol. The van der Waals surface area contributed by atoms with Gasteiger partial charge in [0.2, 0.25) is 0 Å². The van der Waals surface area contributed by atoms with E-state index in [4.69, 9.17) is 4.74 Å². The predicted octanol–water partition coefficient (Wildman–Crippen LogP) is 3.25. The number of benzene rings is 1. The molecule has 0 aliphatic rings. The van der Waals surface area contributed by atoms with Crippen LogP contribution < -0.4 is 10.1 Å². The van der Waals surface area contributed by atoms with Gasteiger partial charge in [-0.3, -0.25) is 9.48 Å². The Kier molecular flexibility index (Phi) is 4.07. The van der Waals surface area contributed by atoms with Crippen LogP contribution in [0.2, 0.25) is 0 Å². The zero-order valence-corrected chi connectivity index (χ0v) is 13.3. The molecule has 0 bridgehead atoms. The fourth-order valence-corrected chi connectivity index (χ4v) is 2.35. The Bertz CT molecular complexity index is 950. The van der Waals surface area contributed by atoms with Crippen LogP contribution in [0.4, 0.5) is 18.9 Å². The maximum atomic E-state index is 12.7. The lowest BCUT2D eigenvalue weighted by atomic mass is 10.2. The first-order valence-corrected chi connectivity index (χ1v) is 7.15. The maximum absolute atomic E-state index is 12.7. The number of hydrogen-bond acceptors (Lipinski definition) is 4. The summed E-state index contributed by atoms with van der Waals surface area (Å²) in [4.78, 5) is 15.7. The summed E-state index contributed by atoms with van der Waals surface area (Å²) in [5.41, 5.74) is -0.500. The largest absolute Gasteiger partial charge is 0.494 e. The molecule has 1 amide bonds. The summed E-state index contributed by atoms with van der Waals surface area (Å²) in [7, 11) is 3.17. The van der Waals surface area contributed by atoms with Gasteiger partial charge < -0.3 is 10.1 Å². The molecule has 2 aromatic heterocycles. The number of aromatic nitrogens is 3. The van der Waals surface area contributed by atoms with E-state index >= 15 is 0 Å². The molecule has 0 unspecified atom stereocenters. The topological polar surface area (TPSA) is 69.0 Å². The van der Waals surface area contributed by atoms with Gasteiger partial charge in [-0.05, 0) is 18.2 Å². The van der Waals surface area contributed by atoms with Crippen molar-refractivity contribution in [2.24, 2.45) is 7.05 Å². The molecule has 0 atom stereocenters. The number of carbonyl (C=O) groups excluding carboxylic acids is 1. The lowest BCUT2D eigenvalue weighted by Gasteiger charge is -2.11. The maximum Gasteiger partial charge on any atom is 0.433 e. The van der Waals surface area contributed by atoms with E-state index < -0.39 is 17.8 Å². The number of amides is 1. The number of pyridine rings is 1. The second-order valence-corrected chi connectivity index (χ2v) is 5.27. The van der Waals surface area contributed by atoms with E-state index in [0.717, 1.165) is 17.5 Å². The molecule has 3 rings (SSSR count). The Morgan fingerprint density at radius 2 is 2.04 bits per heavy atom. The van der Waals surface area contributed by atoms with Gasteiger partial charge in [0, 0.05) is 24.7 Å². The standard InChI is InChI=1S/C16H13F3N4O2/c1-23-8-9-6-12(13(25-2)7-11(9)22-23)21-15(24)10-4-3-5-14(20-10)16(17,18)19/h3-8H,1-2H3,(H,21,24). The van der Waals surface area contributed by atoms with Crippen LogP contribution in [0.25, 0.3) is 10.9 Å². The quantitative estimate of drug-likeness (QED) is 0.787. The number of nitrogens with one attached hydrogen (secondary N) is 1. The lowest BCUT2D eigenvalue weighted by molar-refractivity contribution is -0.141. The molecule has 0 spiro atoms.